The zero-order valence-corrected chi connectivity index (χ0v) is 16.7. The number of anilines is 2. The number of imidazole rings is 1. The maximum absolute atomic E-state index is 4.79. The highest BCUT2D eigenvalue weighted by Gasteiger charge is 2.18. The predicted molar refractivity (Wildman–Crippen MR) is 114 cm³/mol. The number of likely N-dealkylation sites (N-methyl/N-ethyl adjacent to an activating group) is 1. The number of nitrogens with one attached hydrogen (secondary N) is 4. The van der Waals surface area contributed by atoms with Crippen molar-refractivity contribution >= 4 is 22.9 Å². The minimum Gasteiger partial charge on any atom is -0.367 e. The number of benzene rings is 1. The summed E-state index contributed by atoms with van der Waals surface area (Å²) in [5, 5.41) is 10.3. The predicted octanol–water partition coefficient (Wildman–Crippen LogP) is 2.08. The lowest BCUT2D eigenvalue weighted by molar-refractivity contribution is 0.425. The molecule has 0 saturated carbocycles. The Morgan fingerprint density at radius 2 is 1.96 bits per heavy atom. The minimum atomic E-state index is 0.384. The average molecular weight is 381 g/mol. The molecule has 0 aliphatic carbocycles. The highest BCUT2D eigenvalue weighted by Crippen LogP contribution is 2.25. The van der Waals surface area contributed by atoms with E-state index in [0.29, 0.717) is 17.5 Å². The van der Waals surface area contributed by atoms with Gasteiger partial charge < -0.3 is 25.8 Å². The first kappa shape index (κ1) is 18.6. The molecule has 3 heterocycles. The Morgan fingerprint density at radius 1 is 1.14 bits per heavy atom. The van der Waals surface area contributed by atoms with Gasteiger partial charge in [-0.1, -0.05) is 29.8 Å². The molecule has 1 unspecified atom stereocenters. The molecule has 0 amide bonds. The fourth-order valence-corrected chi connectivity index (χ4v) is 3.29. The largest absolute Gasteiger partial charge is 0.367 e. The minimum absolute atomic E-state index is 0.384. The SMILES string of the molecule is Cc1ccc(-c2nc(NCCN(C)C)c3[nH]c(NC4CCNC4)nc3n2)cc1. The van der Waals surface area contributed by atoms with E-state index in [2.05, 4.69) is 76.1 Å². The van der Waals surface area contributed by atoms with Gasteiger partial charge in [0.05, 0.1) is 0 Å². The van der Waals surface area contributed by atoms with Crippen molar-refractivity contribution in [1.29, 1.82) is 0 Å². The number of H-pyrrole nitrogens is 1. The topological polar surface area (TPSA) is 93.8 Å². The van der Waals surface area contributed by atoms with Crippen LogP contribution in [0.4, 0.5) is 11.8 Å². The lowest BCUT2D eigenvalue weighted by Gasteiger charge is -2.12. The van der Waals surface area contributed by atoms with Crippen LogP contribution in [0.25, 0.3) is 22.6 Å². The van der Waals surface area contributed by atoms with Gasteiger partial charge in [0, 0.05) is 31.2 Å². The van der Waals surface area contributed by atoms with Crippen LogP contribution in [0.2, 0.25) is 0 Å². The van der Waals surface area contributed by atoms with Gasteiger partial charge in [0.2, 0.25) is 5.95 Å². The molecule has 8 nitrogen and oxygen atoms in total. The van der Waals surface area contributed by atoms with E-state index < -0.39 is 0 Å². The molecule has 1 aliphatic rings. The quantitative estimate of drug-likeness (QED) is 0.499. The Bertz CT molecular complexity index is 925. The monoisotopic (exact) mass is 380 g/mol. The molecule has 1 atom stereocenters. The fourth-order valence-electron chi connectivity index (χ4n) is 3.29. The molecule has 0 radical (unpaired) electrons. The molecule has 1 aliphatic heterocycles. The van der Waals surface area contributed by atoms with Crippen molar-refractivity contribution in [3.8, 4) is 11.4 Å². The third kappa shape index (κ3) is 4.23. The molecule has 0 bridgehead atoms. The zero-order valence-electron chi connectivity index (χ0n) is 16.7. The number of hydrogen-bond acceptors (Lipinski definition) is 7. The molecule has 148 valence electrons. The van der Waals surface area contributed by atoms with E-state index in [1.807, 2.05) is 0 Å². The van der Waals surface area contributed by atoms with Crippen molar-refractivity contribution in [3.05, 3.63) is 29.8 Å². The zero-order chi connectivity index (χ0) is 19.5. The van der Waals surface area contributed by atoms with Crippen LogP contribution in [0.15, 0.2) is 24.3 Å². The molecule has 8 heteroatoms. The Labute approximate surface area is 165 Å². The number of aromatic nitrogens is 4. The van der Waals surface area contributed by atoms with Gasteiger partial charge in [0.1, 0.15) is 5.52 Å². The first-order valence-electron chi connectivity index (χ1n) is 9.79. The second-order valence-corrected chi connectivity index (χ2v) is 7.61. The summed E-state index contributed by atoms with van der Waals surface area (Å²) in [5.74, 6) is 2.21. The van der Waals surface area contributed by atoms with E-state index in [1.54, 1.807) is 0 Å². The summed E-state index contributed by atoms with van der Waals surface area (Å²) in [7, 11) is 4.12. The van der Waals surface area contributed by atoms with Crippen LogP contribution in [-0.2, 0) is 0 Å². The van der Waals surface area contributed by atoms with Crippen LogP contribution in [0.3, 0.4) is 0 Å². The molecule has 4 N–H and O–H groups in total. The Kier molecular flexibility index (Phi) is 5.40. The number of hydrogen-bond donors (Lipinski definition) is 4. The lowest BCUT2D eigenvalue weighted by Crippen LogP contribution is -2.22. The van der Waals surface area contributed by atoms with Crippen LogP contribution >= 0.6 is 0 Å². The second-order valence-electron chi connectivity index (χ2n) is 7.61. The van der Waals surface area contributed by atoms with E-state index in [1.165, 1.54) is 5.56 Å². The van der Waals surface area contributed by atoms with Gasteiger partial charge >= 0.3 is 0 Å². The van der Waals surface area contributed by atoms with Gasteiger partial charge in [-0.15, -0.1) is 0 Å². The van der Waals surface area contributed by atoms with Gasteiger partial charge in [-0.25, -0.2) is 9.97 Å². The van der Waals surface area contributed by atoms with Gasteiger partial charge in [0.25, 0.3) is 0 Å². The standard InChI is InChI=1S/C20H28N8/c1-13-4-6-14(7-5-13)17-25-18(22-10-11-28(2)3)16-19(26-17)27-20(24-16)23-15-8-9-21-12-15/h4-7,15,21H,8-12H2,1-3H3,(H3,22,23,24,25,26,27). The summed E-state index contributed by atoms with van der Waals surface area (Å²) in [5.41, 5.74) is 3.71. The molecule has 0 spiro atoms. The molecular weight excluding hydrogens is 352 g/mol. The van der Waals surface area contributed by atoms with Crippen LogP contribution in [0, 0.1) is 6.92 Å². The highest BCUT2D eigenvalue weighted by atomic mass is 15.2. The molecule has 2 aromatic heterocycles. The molecule has 1 saturated heterocycles. The van der Waals surface area contributed by atoms with E-state index >= 15 is 0 Å². The third-order valence-corrected chi connectivity index (χ3v) is 4.91. The Hall–Kier alpha value is -2.71. The van der Waals surface area contributed by atoms with Crippen LogP contribution < -0.4 is 16.0 Å². The second kappa shape index (κ2) is 8.12. The van der Waals surface area contributed by atoms with Crippen LogP contribution in [0.1, 0.15) is 12.0 Å². The molecule has 28 heavy (non-hydrogen) atoms. The van der Waals surface area contributed by atoms with Crippen molar-refractivity contribution in [3.63, 3.8) is 0 Å². The maximum Gasteiger partial charge on any atom is 0.203 e. The first-order valence-corrected chi connectivity index (χ1v) is 9.79. The maximum atomic E-state index is 4.79. The van der Waals surface area contributed by atoms with Crippen molar-refractivity contribution in [1.82, 2.24) is 30.2 Å². The van der Waals surface area contributed by atoms with Gasteiger partial charge in [-0.2, -0.15) is 4.98 Å². The number of aryl methyl sites for hydroxylation is 1. The van der Waals surface area contributed by atoms with Crippen molar-refractivity contribution in [2.75, 3.05) is 50.9 Å². The summed E-state index contributed by atoms with van der Waals surface area (Å²) in [6, 6.07) is 8.64. The normalized spacial score (nSPS) is 16.8. The summed E-state index contributed by atoms with van der Waals surface area (Å²) in [6.45, 7) is 5.77. The molecule has 1 aromatic carbocycles. The molecule has 3 aromatic rings. The van der Waals surface area contributed by atoms with Gasteiger partial charge in [0.15, 0.2) is 17.3 Å². The number of aromatic amines is 1. The smallest absolute Gasteiger partial charge is 0.203 e. The van der Waals surface area contributed by atoms with Crippen molar-refractivity contribution < 1.29 is 0 Å². The van der Waals surface area contributed by atoms with E-state index in [9.17, 15) is 0 Å². The Morgan fingerprint density at radius 3 is 2.68 bits per heavy atom. The highest BCUT2D eigenvalue weighted by molar-refractivity contribution is 5.86. The molecular formula is C20H28N8. The molecule has 4 rings (SSSR count). The Balaban J connectivity index is 1.68. The first-order chi connectivity index (χ1) is 13.6. The fraction of sp³-hybridized carbons (Fsp3) is 0.450. The summed E-state index contributed by atoms with van der Waals surface area (Å²) in [4.78, 5) is 19.7. The van der Waals surface area contributed by atoms with Gasteiger partial charge in [-0.3, -0.25) is 0 Å². The average Bonchev–Trinajstić information content (AvgIpc) is 3.31. The number of fused-ring (bicyclic) bond motifs is 1. The summed E-state index contributed by atoms with van der Waals surface area (Å²) in [6.07, 6.45) is 1.09. The van der Waals surface area contributed by atoms with E-state index in [-0.39, 0.29) is 0 Å². The van der Waals surface area contributed by atoms with Crippen LogP contribution in [0.5, 0.6) is 0 Å². The summed E-state index contributed by atoms with van der Waals surface area (Å²) >= 11 is 0. The van der Waals surface area contributed by atoms with E-state index in [0.717, 1.165) is 55.4 Å². The van der Waals surface area contributed by atoms with Crippen molar-refractivity contribution in [2.24, 2.45) is 0 Å². The van der Waals surface area contributed by atoms with Crippen molar-refractivity contribution in [2.45, 2.75) is 19.4 Å². The van der Waals surface area contributed by atoms with E-state index in [4.69, 9.17) is 9.97 Å². The summed E-state index contributed by atoms with van der Waals surface area (Å²) < 4.78 is 0. The number of nitrogens with zero attached hydrogens (tertiary/aromatic N) is 4. The third-order valence-electron chi connectivity index (χ3n) is 4.91. The number of rotatable bonds is 7. The molecule has 1 fully saturated rings. The van der Waals surface area contributed by atoms with Gasteiger partial charge in [-0.05, 0) is 34.0 Å². The van der Waals surface area contributed by atoms with Crippen LogP contribution in [-0.4, -0.2) is 71.2 Å². The lowest BCUT2D eigenvalue weighted by atomic mass is 10.1.